The van der Waals surface area contributed by atoms with Gasteiger partial charge in [0.1, 0.15) is 0 Å². The van der Waals surface area contributed by atoms with Crippen LogP contribution in [0.25, 0.3) is 0 Å². The van der Waals surface area contributed by atoms with Crippen LogP contribution in [0.15, 0.2) is 0 Å². The Labute approximate surface area is 116 Å². The van der Waals surface area contributed by atoms with Gasteiger partial charge in [0.15, 0.2) is 0 Å². The van der Waals surface area contributed by atoms with E-state index in [4.69, 9.17) is 0 Å². The molecule has 0 spiro atoms. The maximum atomic E-state index is 12.2. The molecule has 2 atom stereocenters. The average Bonchev–Trinajstić information content (AvgIpc) is 2.75. The Balaban J connectivity index is 1.72. The predicted molar refractivity (Wildman–Crippen MR) is 74.9 cm³/mol. The lowest BCUT2D eigenvalue weighted by Crippen LogP contribution is -2.50. The van der Waals surface area contributed by atoms with E-state index in [-0.39, 0.29) is 12.0 Å². The van der Waals surface area contributed by atoms with Gasteiger partial charge in [-0.25, -0.2) is 0 Å². The molecule has 1 saturated heterocycles. The van der Waals surface area contributed by atoms with Crippen molar-refractivity contribution < 1.29 is 9.90 Å². The van der Waals surface area contributed by atoms with E-state index in [2.05, 4.69) is 16.8 Å². The normalized spacial score (nSPS) is 29.2. The third-order valence-corrected chi connectivity index (χ3v) is 4.43. The first-order valence-electron chi connectivity index (χ1n) is 7.39. The maximum Gasteiger partial charge on any atom is 0.236 e. The summed E-state index contributed by atoms with van der Waals surface area (Å²) in [7, 11) is 4.08. The Bertz CT molecular complexity index is 303. The first-order valence-corrected chi connectivity index (χ1v) is 7.39. The molecule has 0 aromatic rings. The van der Waals surface area contributed by atoms with Crippen LogP contribution in [0.1, 0.15) is 19.3 Å². The van der Waals surface area contributed by atoms with Gasteiger partial charge in [-0.1, -0.05) is 6.42 Å². The number of aliphatic hydroxyl groups is 1. The van der Waals surface area contributed by atoms with E-state index in [1.807, 2.05) is 11.9 Å². The molecule has 1 saturated carbocycles. The molecule has 2 fully saturated rings. The Kier molecular flexibility index (Phi) is 5.19. The molecular weight excluding hydrogens is 242 g/mol. The number of amides is 1. The highest BCUT2D eigenvalue weighted by Crippen LogP contribution is 2.25. The van der Waals surface area contributed by atoms with E-state index in [1.165, 1.54) is 0 Å². The van der Waals surface area contributed by atoms with Crippen LogP contribution in [0.2, 0.25) is 0 Å². The summed E-state index contributed by atoms with van der Waals surface area (Å²) in [4.78, 5) is 18.5. The molecule has 1 amide bonds. The zero-order chi connectivity index (χ0) is 13.8. The third-order valence-electron chi connectivity index (χ3n) is 4.43. The van der Waals surface area contributed by atoms with Gasteiger partial charge in [-0.15, -0.1) is 0 Å². The quantitative estimate of drug-likeness (QED) is 0.771. The number of nitrogens with zero attached hydrogens (tertiary/aromatic N) is 3. The molecule has 1 aliphatic carbocycles. The van der Waals surface area contributed by atoms with Crippen molar-refractivity contribution in [2.45, 2.75) is 25.4 Å². The zero-order valence-corrected chi connectivity index (χ0v) is 12.2. The summed E-state index contributed by atoms with van der Waals surface area (Å²) >= 11 is 0. The van der Waals surface area contributed by atoms with Gasteiger partial charge >= 0.3 is 0 Å². The topological polar surface area (TPSA) is 47.0 Å². The Morgan fingerprint density at radius 1 is 1.26 bits per heavy atom. The van der Waals surface area contributed by atoms with Crippen molar-refractivity contribution in [3.05, 3.63) is 0 Å². The highest BCUT2D eigenvalue weighted by atomic mass is 16.3. The molecule has 5 heteroatoms. The van der Waals surface area contributed by atoms with Crippen LogP contribution in [0.3, 0.4) is 0 Å². The summed E-state index contributed by atoms with van der Waals surface area (Å²) in [5.41, 5.74) is 0. The molecule has 2 unspecified atom stereocenters. The van der Waals surface area contributed by atoms with Crippen molar-refractivity contribution in [1.29, 1.82) is 0 Å². The van der Waals surface area contributed by atoms with Gasteiger partial charge in [-0.2, -0.15) is 0 Å². The van der Waals surface area contributed by atoms with Crippen LogP contribution >= 0.6 is 0 Å². The minimum absolute atomic E-state index is 0.166. The summed E-state index contributed by atoms with van der Waals surface area (Å²) in [5, 5.41) is 9.82. The van der Waals surface area contributed by atoms with E-state index in [9.17, 15) is 9.90 Å². The Morgan fingerprint density at radius 3 is 2.53 bits per heavy atom. The SMILES string of the molecule is CN1CCN(C(=O)CN(C)CC2CCCC2O)CC1. The van der Waals surface area contributed by atoms with Crippen molar-refractivity contribution in [2.75, 3.05) is 53.4 Å². The van der Waals surface area contributed by atoms with Crippen LogP contribution in [-0.4, -0.2) is 85.2 Å². The van der Waals surface area contributed by atoms with Crippen molar-refractivity contribution in [2.24, 2.45) is 5.92 Å². The van der Waals surface area contributed by atoms with Crippen LogP contribution in [0, 0.1) is 5.92 Å². The average molecular weight is 269 g/mol. The summed E-state index contributed by atoms with van der Waals surface area (Å²) < 4.78 is 0. The predicted octanol–water partition coefficient (Wildman–Crippen LogP) is -0.147. The number of hydrogen-bond acceptors (Lipinski definition) is 4. The molecule has 2 rings (SSSR count). The fraction of sp³-hybridized carbons (Fsp3) is 0.929. The molecule has 19 heavy (non-hydrogen) atoms. The van der Waals surface area contributed by atoms with Gasteiger partial charge in [0.05, 0.1) is 12.6 Å². The number of rotatable bonds is 4. The summed E-state index contributed by atoms with van der Waals surface area (Å²) in [6.45, 7) is 4.94. The number of piperazine rings is 1. The Morgan fingerprint density at radius 2 is 1.95 bits per heavy atom. The Hall–Kier alpha value is -0.650. The van der Waals surface area contributed by atoms with Crippen molar-refractivity contribution in [3.63, 3.8) is 0 Å². The van der Waals surface area contributed by atoms with Gasteiger partial charge in [0.2, 0.25) is 5.91 Å². The van der Waals surface area contributed by atoms with E-state index in [0.717, 1.165) is 52.0 Å². The fourth-order valence-electron chi connectivity index (χ4n) is 3.08. The zero-order valence-electron chi connectivity index (χ0n) is 12.2. The minimum atomic E-state index is -0.166. The second-order valence-corrected chi connectivity index (χ2v) is 6.14. The molecule has 110 valence electrons. The van der Waals surface area contributed by atoms with Crippen molar-refractivity contribution in [3.8, 4) is 0 Å². The number of carbonyl (C=O) groups excluding carboxylic acids is 1. The number of aliphatic hydroxyl groups excluding tert-OH is 1. The van der Waals surface area contributed by atoms with Crippen LogP contribution in [-0.2, 0) is 4.79 Å². The first kappa shape index (κ1) is 14.8. The third kappa shape index (κ3) is 4.16. The number of hydrogen-bond donors (Lipinski definition) is 1. The molecule has 0 bridgehead atoms. The van der Waals surface area contributed by atoms with Gasteiger partial charge < -0.3 is 14.9 Å². The molecule has 0 radical (unpaired) electrons. The molecule has 0 aromatic carbocycles. The molecule has 0 aromatic heterocycles. The molecule has 1 N–H and O–H groups in total. The molecular formula is C14H27N3O2. The summed E-state index contributed by atoms with van der Waals surface area (Å²) in [6.07, 6.45) is 2.96. The standard InChI is InChI=1S/C14H27N3O2/c1-15-6-8-17(9-7-15)14(19)11-16(2)10-12-4-3-5-13(12)18/h12-13,18H,3-11H2,1-2H3. The monoisotopic (exact) mass is 269 g/mol. The lowest BCUT2D eigenvalue weighted by atomic mass is 10.1. The second-order valence-electron chi connectivity index (χ2n) is 6.14. The lowest BCUT2D eigenvalue weighted by Gasteiger charge is -2.33. The maximum absolute atomic E-state index is 12.2. The lowest BCUT2D eigenvalue weighted by molar-refractivity contribution is -0.133. The summed E-state index contributed by atoms with van der Waals surface area (Å²) in [6, 6.07) is 0. The number of likely N-dealkylation sites (N-methyl/N-ethyl adjacent to an activating group) is 2. The molecule has 2 aliphatic rings. The van der Waals surface area contributed by atoms with Crippen molar-refractivity contribution >= 4 is 5.91 Å². The minimum Gasteiger partial charge on any atom is -0.393 e. The molecule has 1 aliphatic heterocycles. The number of carbonyl (C=O) groups is 1. The highest BCUT2D eigenvalue weighted by Gasteiger charge is 2.27. The molecule has 1 heterocycles. The second kappa shape index (κ2) is 6.68. The smallest absolute Gasteiger partial charge is 0.236 e. The van der Waals surface area contributed by atoms with Crippen LogP contribution in [0.5, 0.6) is 0 Å². The van der Waals surface area contributed by atoms with Gasteiger partial charge in [-0.3, -0.25) is 9.69 Å². The van der Waals surface area contributed by atoms with Crippen molar-refractivity contribution in [1.82, 2.24) is 14.7 Å². The van der Waals surface area contributed by atoms with Gasteiger partial charge in [0.25, 0.3) is 0 Å². The van der Waals surface area contributed by atoms with Crippen LogP contribution < -0.4 is 0 Å². The first-order chi connectivity index (χ1) is 9.06. The van der Waals surface area contributed by atoms with E-state index < -0.39 is 0 Å². The van der Waals surface area contributed by atoms with Gasteiger partial charge in [-0.05, 0) is 32.9 Å². The summed E-state index contributed by atoms with van der Waals surface area (Å²) in [5.74, 6) is 0.577. The van der Waals surface area contributed by atoms with Gasteiger partial charge in [0, 0.05) is 32.7 Å². The van der Waals surface area contributed by atoms with E-state index in [1.54, 1.807) is 0 Å². The largest absolute Gasteiger partial charge is 0.393 e. The van der Waals surface area contributed by atoms with E-state index >= 15 is 0 Å². The van der Waals surface area contributed by atoms with E-state index in [0.29, 0.717) is 12.5 Å². The molecule has 5 nitrogen and oxygen atoms in total. The fourth-order valence-corrected chi connectivity index (χ4v) is 3.08. The highest BCUT2D eigenvalue weighted by molar-refractivity contribution is 5.78. The van der Waals surface area contributed by atoms with Crippen LogP contribution in [0.4, 0.5) is 0 Å².